The molecule has 0 aliphatic heterocycles. The molecule has 7 heteroatoms. The van der Waals surface area contributed by atoms with E-state index in [0.717, 1.165) is 35.1 Å². The van der Waals surface area contributed by atoms with Crippen LogP contribution in [-0.4, -0.2) is 24.6 Å². The average molecular weight is 384 g/mol. The van der Waals surface area contributed by atoms with Crippen molar-refractivity contribution in [3.8, 4) is 22.5 Å². The number of nitrogens with zero attached hydrogens (tertiary/aromatic N) is 1. The van der Waals surface area contributed by atoms with Crippen LogP contribution in [0.25, 0.3) is 33.5 Å². The van der Waals surface area contributed by atoms with Gasteiger partial charge >= 0.3 is 0 Å². The Kier molecular flexibility index (Phi) is 4.04. The predicted octanol–water partition coefficient (Wildman–Crippen LogP) is 4.58. The monoisotopic (exact) mass is 384 g/mol. The molecule has 0 aliphatic rings. The first-order chi connectivity index (χ1) is 12.8. The van der Waals surface area contributed by atoms with Crippen molar-refractivity contribution in [2.45, 2.75) is 4.90 Å². The number of rotatable bonds is 3. The molecule has 1 N–H and O–H groups in total. The molecule has 1 heterocycles. The van der Waals surface area contributed by atoms with E-state index in [9.17, 15) is 17.2 Å². The third-order valence-corrected chi connectivity index (χ3v) is 5.40. The smallest absolute Gasteiger partial charge is 0.175 e. The first-order valence-corrected chi connectivity index (χ1v) is 9.96. The highest BCUT2D eigenvalue weighted by Crippen LogP contribution is 2.27. The molecule has 4 nitrogen and oxygen atoms in total. The number of hydrogen-bond acceptors (Lipinski definition) is 3. The summed E-state index contributed by atoms with van der Waals surface area (Å²) in [6.45, 7) is 0. The minimum Gasteiger partial charge on any atom is -0.338 e. The molecule has 27 heavy (non-hydrogen) atoms. The van der Waals surface area contributed by atoms with Crippen molar-refractivity contribution in [3.05, 3.63) is 72.3 Å². The van der Waals surface area contributed by atoms with E-state index >= 15 is 0 Å². The summed E-state index contributed by atoms with van der Waals surface area (Å²) in [5, 5.41) is 0. The number of imidazole rings is 1. The Morgan fingerprint density at radius 2 is 1.52 bits per heavy atom. The Bertz CT molecular complexity index is 1220. The van der Waals surface area contributed by atoms with E-state index < -0.39 is 21.5 Å². The Balaban J connectivity index is 1.74. The van der Waals surface area contributed by atoms with E-state index in [1.54, 1.807) is 24.3 Å². The molecule has 0 atom stereocenters. The van der Waals surface area contributed by atoms with Crippen molar-refractivity contribution in [1.29, 1.82) is 0 Å². The van der Waals surface area contributed by atoms with Crippen molar-refractivity contribution in [1.82, 2.24) is 9.97 Å². The first kappa shape index (κ1) is 17.4. The molecule has 0 aliphatic carbocycles. The molecule has 136 valence electrons. The average Bonchev–Trinajstić information content (AvgIpc) is 3.04. The fourth-order valence-electron chi connectivity index (χ4n) is 2.88. The van der Waals surface area contributed by atoms with Gasteiger partial charge < -0.3 is 4.98 Å². The second-order valence-electron chi connectivity index (χ2n) is 6.25. The lowest BCUT2D eigenvalue weighted by Gasteiger charge is -2.05. The maximum Gasteiger partial charge on any atom is 0.175 e. The third kappa shape index (κ3) is 3.33. The minimum atomic E-state index is -3.25. The summed E-state index contributed by atoms with van der Waals surface area (Å²) < 4.78 is 50.0. The Hall–Kier alpha value is -3.06. The predicted molar refractivity (Wildman–Crippen MR) is 100.0 cm³/mol. The van der Waals surface area contributed by atoms with Crippen LogP contribution in [0.3, 0.4) is 0 Å². The van der Waals surface area contributed by atoms with Crippen LogP contribution >= 0.6 is 0 Å². The van der Waals surface area contributed by atoms with E-state index in [1.165, 1.54) is 0 Å². The molecule has 0 unspecified atom stereocenters. The van der Waals surface area contributed by atoms with Crippen LogP contribution in [0, 0.1) is 11.6 Å². The zero-order valence-corrected chi connectivity index (χ0v) is 15.0. The van der Waals surface area contributed by atoms with Crippen LogP contribution in [0.5, 0.6) is 0 Å². The van der Waals surface area contributed by atoms with Crippen LogP contribution < -0.4 is 0 Å². The van der Waals surface area contributed by atoms with Crippen molar-refractivity contribution < 1.29 is 17.2 Å². The lowest BCUT2D eigenvalue weighted by Crippen LogP contribution is -1.96. The number of fused-ring (bicyclic) bond motifs is 1. The van der Waals surface area contributed by atoms with E-state index in [-0.39, 0.29) is 4.90 Å². The zero-order valence-electron chi connectivity index (χ0n) is 14.2. The molecule has 0 fully saturated rings. The van der Waals surface area contributed by atoms with Gasteiger partial charge in [0.05, 0.1) is 15.9 Å². The molecule has 0 bridgehead atoms. The largest absolute Gasteiger partial charge is 0.338 e. The number of benzene rings is 3. The van der Waals surface area contributed by atoms with Gasteiger partial charge in [0, 0.05) is 24.0 Å². The standard InChI is InChI=1S/C20H14F2N2O2S/c1-27(25,26)15-7-5-12(6-8-15)13-3-2-4-14(9-13)20-23-18-10-16(21)17(22)11-19(18)24-20/h2-11H,1H3,(H,23,24). The highest BCUT2D eigenvalue weighted by atomic mass is 32.2. The van der Waals surface area contributed by atoms with Gasteiger partial charge in [-0.25, -0.2) is 22.2 Å². The van der Waals surface area contributed by atoms with Crippen LogP contribution in [0.2, 0.25) is 0 Å². The fraction of sp³-hybridized carbons (Fsp3) is 0.0500. The minimum absolute atomic E-state index is 0.253. The number of H-pyrrole nitrogens is 1. The number of hydrogen-bond donors (Lipinski definition) is 1. The number of aromatic amines is 1. The van der Waals surface area contributed by atoms with Gasteiger partial charge in [-0.15, -0.1) is 0 Å². The second-order valence-corrected chi connectivity index (χ2v) is 8.26. The van der Waals surface area contributed by atoms with E-state index in [4.69, 9.17) is 0 Å². The van der Waals surface area contributed by atoms with E-state index in [0.29, 0.717) is 16.9 Å². The Morgan fingerprint density at radius 1 is 0.852 bits per heavy atom. The maximum absolute atomic E-state index is 13.4. The molecule has 1 aromatic heterocycles. The number of nitrogens with one attached hydrogen (secondary N) is 1. The van der Waals surface area contributed by atoms with Gasteiger partial charge in [0.2, 0.25) is 0 Å². The number of aromatic nitrogens is 2. The first-order valence-electron chi connectivity index (χ1n) is 8.07. The third-order valence-electron chi connectivity index (χ3n) is 4.28. The van der Waals surface area contributed by atoms with E-state index in [1.807, 2.05) is 24.3 Å². The second kappa shape index (κ2) is 6.28. The molecule has 0 saturated heterocycles. The maximum atomic E-state index is 13.4. The zero-order chi connectivity index (χ0) is 19.2. The molecule has 4 rings (SSSR count). The summed E-state index contributed by atoms with van der Waals surface area (Å²) >= 11 is 0. The van der Waals surface area contributed by atoms with Crippen LogP contribution in [0.1, 0.15) is 0 Å². The summed E-state index contributed by atoms with van der Waals surface area (Å²) in [4.78, 5) is 7.57. The normalized spacial score (nSPS) is 11.8. The molecular weight excluding hydrogens is 370 g/mol. The topological polar surface area (TPSA) is 62.8 Å². The van der Waals surface area contributed by atoms with Gasteiger partial charge in [-0.1, -0.05) is 30.3 Å². The van der Waals surface area contributed by atoms with Gasteiger partial charge in [-0.2, -0.15) is 0 Å². The molecule has 3 aromatic carbocycles. The van der Waals surface area contributed by atoms with Crippen LogP contribution in [0.15, 0.2) is 65.6 Å². The molecular formula is C20H14F2N2O2S. The van der Waals surface area contributed by atoms with Crippen LogP contribution in [0.4, 0.5) is 8.78 Å². The summed E-state index contributed by atoms with van der Waals surface area (Å²) in [7, 11) is -3.25. The molecule has 0 saturated carbocycles. The molecule has 0 radical (unpaired) electrons. The van der Waals surface area contributed by atoms with Gasteiger partial charge in [-0.05, 0) is 29.3 Å². The quantitative estimate of drug-likeness (QED) is 0.562. The van der Waals surface area contributed by atoms with Crippen molar-refractivity contribution >= 4 is 20.9 Å². The summed E-state index contributed by atoms with van der Waals surface area (Å²) in [5.74, 6) is -1.39. The van der Waals surface area contributed by atoms with Crippen molar-refractivity contribution in [2.75, 3.05) is 6.26 Å². The fourth-order valence-corrected chi connectivity index (χ4v) is 3.51. The Morgan fingerprint density at radius 3 is 2.22 bits per heavy atom. The van der Waals surface area contributed by atoms with Gasteiger partial charge in [-0.3, -0.25) is 0 Å². The number of halogens is 2. The lowest BCUT2D eigenvalue weighted by molar-refractivity contribution is 0.510. The molecule has 0 spiro atoms. The van der Waals surface area contributed by atoms with Gasteiger partial charge in [0.25, 0.3) is 0 Å². The van der Waals surface area contributed by atoms with Crippen molar-refractivity contribution in [3.63, 3.8) is 0 Å². The molecule has 4 aromatic rings. The Labute approximate surface area is 154 Å². The van der Waals surface area contributed by atoms with Crippen LogP contribution in [-0.2, 0) is 9.84 Å². The van der Waals surface area contributed by atoms with E-state index in [2.05, 4.69) is 9.97 Å². The number of sulfone groups is 1. The lowest BCUT2D eigenvalue weighted by atomic mass is 10.0. The highest BCUT2D eigenvalue weighted by molar-refractivity contribution is 7.90. The van der Waals surface area contributed by atoms with Gasteiger partial charge in [0.15, 0.2) is 21.5 Å². The highest BCUT2D eigenvalue weighted by Gasteiger charge is 2.11. The van der Waals surface area contributed by atoms with Crippen molar-refractivity contribution in [2.24, 2.45) is 0 Å². The molecule has 0 amide bonds. The SMILES string of the molecule is CS(=O)(=O)c1ccc(-c2cccc(-c3nc4cc(F)c(F)cc4[nH]3)c2)cc1. The van der Waals surface area contributed by atoms with Gasteiger partial charge in [0.1, 0.15) is 5.82 Å². The summed E-state index contributed by atoms with van der Waals surface area (Å²) in [5.41, 5.74) is 3.21. The summed E-state index contributed by atoms with van der Waals surface area (Å²) in [6.07, 6.45) is 1.16. The summed E-state index contributed by atoms with van der Waals surface area (Å²) in [6, 6.07) is 16.2.